The molecule has 0 amide bonds. The minimum atomic E-state index is -0.665. The van der Waals surface area contributed by atoms with Gasteiger partial charge in [-0.05, 0) is 122 Å². The minimum absolute atomic E-state index is 0.118. The van der Waals surface area contributed by atoms with E-state index in [1.54, 1.807) is 71.9 Å². The van der Waals surface area contributed by atoms with E-state index in [0.29, 0.717) is 34.8 Å². The Labute approximate surface area is 250 Å². The molecule has 8 heteroatoms. The molecule has 0 heterocycles. The SMILES string of the molecule is CCc1cc(CC)c(OC(C)C)c(/C=C/C(=O)c2ccc(OCOC(=O)C(C)(C)C)cc2)c1OCOC(=O)C(C)(C)C. The van der Waals surface area contributed by atoms with Gasteiger partial charge in [0.05, 0.1) is 22.5 Å². The molecule has 230 valence electrons. The van der Waals surface area contributed by atoms with Crippen molar-refractivity contribution >= 4 is 23.8 Å². The van der Waals surface area contributed by atoms with Crippen LogP contribution in [0.4, 0.5) is 0 Å². The topological polar surface area (TPSA) is 97.4 Å². The summed E-state index contributed by atoms with van der Waals surface area (Å²) in [4.78, 5) is 37.4. The first-order valence-electron chi connectivity index (χ1n) is 14.4. The summed E-state index contributed by atoms with van der Waals surface area (Å²) in [5.41, 5.74) is 1.67. The molecule has 0 atom stereocenters. The Morgan fingerprint density at radius 3 is 1.74 bits per heavy atom. The third kappa shape index (κ3) is 9.93. The maximum absolute atomic E-state index is 13.2. The smallest absolute Gasteiger partial charge is 0.314 e. The summed E-state index contributed by atoms with van der Waals surface area (Å²) in [6.45, 7) is 18.1. The van der Waals surface area contributed by atoms with Crippen LogP contribution in [0.15, 0.2) is 36.4 Å². The summed E-state index contributed by atoms with van der Waals surface area (Å²) >= 11 is 0. The van der Waals surface area contributed by atoms with Crippen LogP contribution in [-0.2, 0) is 31.9 Å². The first-order valence-corrected chi connectivity index (χ1v) is 14.4. The molecule has 2 rings (SSSR count). The lowest BCUT2D eigenvalue weighted by Crippen LogP contribution is -2.25. The predicted molar refractivity (Wildman–Crippen MR) is 163 cm³/mol. The summed E-state index contributed by atoms with van der Waals surface area (Å²) in [5.74, 6) is 0.615. The lowest BCUT2D eigenvalue weighted by molar-refractivity contribution is -0.160. The first-order chi connectivity index (χ1) is 19.6. The molecule has 0 fully saturated rings. The molecule has 0 saturated carbocycles. The number of benzene rings is 2. The molecule has 0 aliphatic rings. The van der Waals surface area contributed by atoms with Crippen molar-refractivity contribution < 1.29 is 38.1 Å². The van der Waals surface area contributed by atoms with Gasteiger partial charge in [-0.3, -0.25) is 14.4 Å². The zero-order valence-corrected chi connectivity index (χ0v) is 26.7. The van der Waals surface area contributed by atoms with Crippen LogP contribution in [0, 0.1) is 10.8 Å². The van der Waals surface area contributed by atoms with Crippen molar-refractivity contribution in [1.82, 2.24) is 0 Å². The first kappa shape index (κ1) is 34.4. The van der Waals surface area contributed by atoms with Crippen molar-refractivity contribution in [3.63, 3.8) is 0 Å². The fraction of sp³-hybridized carbons (Fsp3) is 0.500. The second kappa shape index (κ2) is 14.9. The largest absolute Gasteiger partial charge is 0.490 e. The third-order valence-electron chi connectivity index (χ3n) is 6.11. The molecule has 0 unspecified atom stereocenters. The van der Waals surface area contributed by atoms with Gasteiger partial charge in [-0.15, -0.1) is 0 Å². The van der Waals surface area contributed by atoms with Gasteiger partial charge in [0.25, 0.3) is 0 Å². The van der Waals surface area contributed by atoms with E-state index in [9.17, 15) is 14.4 Å². The summed E-state index contributed by atoms with van der Waals surface area (Å²) < 4.78 is 28.2. The molecule has 42 heavy (non-hydrogen) atoms. The van der Waals surface area contributed by atoms with Crippen LogP contribution >= 0.6 is 0 Å². The molecule has 0 aliphatic heterocycles. The summed E-state index contributed by atoms with van der Waals surface area (Å²) in [7, 11) is 0. The van der Waals surface area contributed by atoms with Gasteiger partial charge >= 0.3 is 11.9 Å². The quantitative estimate of drug-likeness (QED) is 0.105. The Bertz CT molecular complexity index is 1260. The molecule has 0 bridgehead atoms. The van der Waals surface area contributed by atoms with Crippen LogP contribution in [0.5, 0.6) is 17.2 Å². The van der Waals surface area contributed by atoms with Gasteiger partial charge < -0.3 is 23.7 Å². The second-order valence-corrected chi connectivity index (χ2v) is 12.3. The van der Waals surface area contributed by atoms with Crippen molar-refractivity contribution in [3.8, 4) is 17.2 Å². The van der Waals surface area contributed by atoms with E-state index in [1.165, 1.54) is 6.08 Å². The van der Waals surface area contributed by atoms with E-state index in [4.69, 9.17) is 23.7 Å². The van der Waals surface area contributed by atoms with Crippen LogP contribution in [0.25, 0.3) is 6.08 Å². The molecular weight excluding hydrogens is 536 g/mol. The summed E-state index contributed by atoms with van der Waals surface area (Å²) in [5, 5.41) is 0. The van der Waals surface area contributed by atoms with Gasteiger partial charge in [0.15, 0.2) is 5.78 Å². The van der Waals surface area contributed by atoms with Crippen molar-refractivity contribution in [2.75, 3.05) is 13.6 Å². The highest BCUT2D eigenvalue weighted by molar-refractivity contribution is 6.07. The average molecular weight is 583 g/mol. The Morgan fingerprint density at radius 2 is 1.26 bits per heavy atom. The monoisotopic (exact) mass is 582 g/mol. The van der Waals surface area contributed by atoms with Crippen LogP contribution in [0.2, 0.25) is 0 Å². The lowest BCUT2D eigenvalue weighted by Gasteiger charge is -2.23. The van der Waals surface area contributed by atoms with Crippen LogP contribution in [0.1, 0.15) is 96.3 Å². The van der Waals surface area contributed by atoms with Crippen molar-refractivity contribution in [3.05, 3.63) is 58.7 Å². The molecule has 0 aromatic heterocycles. The predicted octanol–water partition coefficient (Wildman–Crippen LogP) is 7.35. The molecule has 8 nitrogen and oxygen atoms in total. The number of carbonyl (C=O) groups is 3. The molecule has 0 saturated heterocycles. The van der Waals surface area contributed by atoms with Crippen LogP contribution in [0.3, 0.4) is 0 Å². The zero-order chi connectivity index (χ0) is 31.7. The molecule has 0 radical (unpaired) electrons. The Morgan fingerprint density at radius 1 is 0.762 bits per heavy atom. The molecule has 2 aromatic carbocycles. The fourth-order valence-electron chi connectivity index (χ4n) is 3.71. The lowest BCUT2D eigenvalue weighted by atomic mass is 9.97. The molecule has 0 spiro atoms. The Hall–Kier alpha value is -3.81. The van der Waals surface area contributed by atoms with Crippen LogP contribution in [-0.4, -0.2) is 37.4 Å². The maximum atomic E-state index is 13.2. The molecule has 0 N–H and O–H groups in total. The Balaban J connectivity index is 2.34. The number of carbonyl (C=O) groups excluding carboxylic acids is 3. The van der Waals surface area contributed by atoms with Crippen molar-refractivity contribution in [1.29, 1.82) is 0 Å². The van der Waals surface area contributed by atoms with Gasteiger partial charge in [0.2, 0.25) is 13.6 Å². The maximum Gasteiger partial charge on any atom is 0.314 e. The van der Waals surface area contributed by atoms with E-state index in [0.717, 1.165) is 17.5 Å². The summed E-state index contributed by atoms with van der Waals surface area (Å²) in [6, 6.07) is 8.61. The fourth-order valence-corrected chi connectivity index (χ4v) is 3.71. The van der Waals surface area contributed by atoms with Gasteiger partial charge in [0.1, 0.15) is 17.2 Å². The van der Waals surface area contributed by atoms with E-state index >= 15 is 0 Å². The second-order valence-electron chi connectivity index (χ2n) is 12.3. The van der Waals surface area contributed by atoms with E-state index in [2.05, 4.69) is 0 Å². The normalized spacial score (nSPS) is 11.9. The van der Waals surface area contributed by atoms with E-state index < -0.39 is 10.8 Å². The number of allylic oxidation sites excluding steroid dienone is 1. The standard InChI is InChI=1S/C34H46O8/c1-11-23-19-24(12-2)30(42-22(3)4)27(29(23)39-21-41-32(37)34(8,9)10)17-18-28(35)25-13-15-26(16-14-25)38-20-40-31(36)33(5,6)7/h13-19,22H,11-12,20-21H2,1-10H3/b18-17+. The number of hydrogen-bond acceptors (Lipinski definition) is 8. The number of rotatable bonds is 13. The molecule has 0 aliphatic carbocycles. The van der Waals surface area contributed by atoms with E-state index in [-0.39, 0.29) is 37.4 Å². The molecule has 2 aromatic rings. The number of ether oxygens (including phenoxy) is 5. The Kier molecular flexibility index (Phi) is 12.2. The highest BCUT2D eigenvalue weighted by Gasteiger charge is 2.25. The summed E-state index contributed by atoms with van der Waals surface area (Å²) in [6.07, 6.45) is 4.42. The average Bonchev–Trinajstić information content (AvgIpc) is 2.91. The van der Waals surface area contributed by atoms with Gasteiger partial charge in [0, 0.05) is 5.56 Å². The van der Waals surface area contributed by atoms with Gasteiger partial charge in [-0.2, -0.15) is 0 Å². The van der Waals surface area contributed by atoms with Gasteiger partial charge in [-0.25, -0.2) is 0 Å². The highest BCUT2D eigenvalue weighted by atomic mass is 16.7. The van der Waals surface area contributed by atoms with Gasteiger partial charge in [-0.1, -0.05) is 13.8 Å². The highest BCUT2D eigenvalue weighted by Crippen LogP contribution is 2.39. The minimum Gasteiger partial charge on any atom is -0.490 e. The number of esters is 2. The number of hydrogen-bond donors (Lipinski definition) is 0. The van der Waals surface area contributed by atoms with Crippen molar-refractivity contribution in [2.24, 2.45) is 10.8 Å². The number of aryl methyl sites for hydroxylation is 2. The molecular formula is C34H46O8. The third-order valence-corrected chi connectivity index (χ3v) is 6.11. The van der Waals surface area contributed by atoms with E-state index in [1.807, 2.05) is 33.8 Å². The number of ketones is 1. The van der Waals surface area contributed by atoms with Crippen LogP contribution < -0.4 is 14.2 Å². The zero-order valence-electron chi connectivity index (χ0n) is 26.7. The van der Waals surface area contributed by atoms with Crippen molar-refractivity contribution in [2.45, 2.75) is 88.2 Å².